The summed E-state index contributed by atoms with van der Waals surface area (Å²) in [6, 6.07) is 8.79. The van der Waals surface area contributed by atoms with E-state index in [2.05, 4.69) is 69.8 Å². The third-order valence-electron chi connectivity index (χ3n) is 3.89. The van der Waals surface area contributed by atoms with Gasteiger partial charge in [-0.2, -0.15) is 0 Å². The van der Waals surface area contributed by atoms with Crippen LogP contribution in [-0.2, 0) is 5.41 Å². The lowest BCUT2D eigenvalue weighted by Crippen LogP contribution is -2.23. The summed E-state index contributed by atoms with van der Waals surface area (Å²) in [6.45, 7) is 10.8. The van der Waals surface area contributed by atoms with E-state index in [1.54, 1.807) is 0 Å². The minimum Gasteiger partial charge on any atom is -0.103 e. The van der Waals surface area contributed by atoms with Crippen LogP contribution in [0.5, 0.6) is 0 Å². The Morgan fingerprint density at radius 2 is 1.94 bits per heavy atom. The Balaban J connectivity index is 2.60. The quantitative estimate of drug-likeness (QED) is 0.636. The van der Waals surface area contributed by atoms with Crippen LogP contribution >= 0.6 is 0 Å². The molecule has 16 heavy (non-hydrogen) atoms. The van der Waals surface area contributed by atoms with E-state index in [4.69, 9.17) is 0 Å². The predicted octanol–water partition coefficient (Wildman–Crippen LogP) is 4.44. The molecule has 2 unspecified atom stereocenters. The van der Waals surface area contributed by atoms with Crippen LogP contribution in [-0.4, -0.2) is 0 Å². The van der Waals surface area contributed by atoms with Crippen molar-refractivity contribution in [1.82, 2.24) is 0 Å². The maximum Gasteiger partial charge on any atom is 0.00918 e. The Bertz CT molecular complexity index is 423. The number of hydrogen-bond acceptors (Lipinski definition) is 0. The summed E-state index contributed by atoms with van der Waals surface area (Å²) in [5, 5.41) is 0. The number of allylic oxidation sites excluding steroid dienone is 3. The second-order valence-electron chi connectivity index (χ2n) is 5.12. The van der Waals surface area contributed by atoms with Gasteiger partial charge in [0.1, 0.15) is 0 Å². The molecular formula is C16H20. The molecule has 0 N–H and O–H groups in total. The second-order valence-corrected chi connectivity index (χ2v) is 5.12. The van der Waals surface area contributed by atoms with Crippen LogP contribution in [0.25, 0.3) is 0 Å². The van der Waals surface area contributed by atoms with E-state index in [0.29, 0.717) is 11.8 Å². The SMILES string of the molecule is C=CC1C(/C=C\C)c2ccccc2C1(C)C. The molecule has 0 spiro atoms. The maximum absolute atomic E-state index is 4.02. The minimum atomic E-state index is 0.197. The maximum atomic E-state index is 4.02. The highest BCUT2D eigenvalue weighted by atomic mass is 14.5. The van der Waals surface area contributed by atoms with Gasteiger partial charge >= 0.3 is 0 Å². The average Bonchev–Trinajstić information content (AvgIpc) is 2.49. The van der Waals surface area contributed by atoms with Crippen LogP contribution in [0.2, 0.25) is 0 Å². The summed E-state index contributed by atoms with van der Waals surface area (Å²) in [5.41, 5.74) is 3.14. The van der Waals surface area contributed by atoms with Crippen molar-refractivity contribution in [2.45, 2.75) is 32.1 Å². The smallest absolute Gasteiger partial charge is 0.00918 e. The molecule has 0 amide bonds. The Kier molecular flexibility index (Phi) is 2.75. The van der Waals surface area contributed by atoms with Crippen molar-refractivity contribution in [2.24, 2.45) is 5.92 Å². The highest BCUT2D eigenvalue weighted by molar-refractivity contribution is 5.46. The van der Waals surface area contributed by atoms with Gasteiger partial charge in [-0.25, -0.2) is 0 Å². The third-order valence-corrected chi connectivity index (χ3v) is 3.89. The van der Waals surface area contributed by atoms with E-state index in [1.807, 2.05) is 0 Å². The lowest BCUT2D eigenvalue weighted by atomic mass is 9.76. The summed E-state index contributed by atoms with van der Waals surface area (Å²) >= 11 is 0. The average molecular weight is 212 g/mol. The molecule has 0 heterocycles. The molecule has 84 valence electrons. The molecule has 1 aliphatic carbocycles. The first-order chi connectivity index (χ1) is 7.62. The third kappa shape index (κ3) is 1.44. The molecule has 2 rings (SSSR count). The Labute approximate surface area is 98.7 Å². The van der Waals surface area contributed by atoms with Gasteiger partial charge in [0, 0.05) is 5.92 Å². The summed E-state index contributed by atoms with van der Waals surface area (Å²) in [4.78, 5) is 0. The molecule has 0 radical (unpaired) electrons. The lowest BCUT2D eigenvalue weighted by molar-refractivity contribution is 0.397. The summed E-state index contributed by atoms with van der Waals surface area (Å²) in [5.74, 6) is 0.995. The van der Waals surface area contributed by atoms with Gasteiger partial charge in [0.2, 0.25) is 0 Å². The van der Waals surface area contributed by atoms with E-state index in [9.17, 15) is 0 Å². The zero-order chi connectivity index (χ0) is 11.8. The van der Waals surface area contributed by atoms with Crippen LogP contribution in [0, 0.1) is 5.92 Å². The molecule has 0 aromatic heterocycles. The predicted molar refractivity (Wildman–Crippen MR) is 70.7 cm³/mol. The van der Waals surface area contributed by atoms with Crippen LogP contribution in [0.3, 0.4) is 0 Å². The Morgan fingerprint density at radius 3 is 2.56 bits per heavy atom. The first-order valence-electron chi connectivity index (χ1n) is 5.97. The second kappa shape index (κ2) is 3.93. The molecule has 0 saturated carbocycles. The van der Waals surface area contributed by atoms with Crippen molar-refractivity contribution in [2.75, 3.05) is 0 Å². The fourth-order valence-corrected chi connectivity index (χ4v) is 3.07. The summed E-state index contributed by atoms with van der Waals surface area (Å²) in [7, 11) is 0. The summed E-state index contributed by atoms with van der Waals surface area (Å²) < 4.78 is 0. The molecule has 0 bridgehead atoms. The highest BCUT2D eigenvalue weighted by Gasteiger charge is 2.42. The van der Waals surface area contributed by atoms with Crippen LogP contribution in [0.15, 0.2) is 49.1 Å². The van der Waals surface area contributed by atoms with E-state index >= 15 is 0 Å². The van der Waals surface area contributed by atoms with Crippen LogP contribution in [0.1, 0.15) is 37.8 Å². The van der Waals surface area contributed by atoms with Crippen molar-refractivity contribution in [3.8, 4) is 0 Å². The normalized spacial score (nSPS) is 26.9. The van der Waals surface area contributed by atoms with Gasteiger partial charge in [0.15, 0.2) is 0 Å². The fraction of sp³-hybridized carbons (Fsp3) is 0.375. The molecular weight excluding hydrogens is 192 g/mol. The van der Waals surface area contributed by atoms with E-state index in [0.717, 1.165) is 0 Å². The van der Waals surface area contributed by atoms with Crippen LogP contribution in [0.4, 0.5) is 0 Å². The molecule has 1 aromatic carbocycles. The molecule has 0 heteroatoms. The molecule has 0 fully saturated rings. The van der Waals surface area contributed by atoms with E-state index in [1.165, 1.54) is 11.1 Å². The first kappa shape index (κ1) is 11.2. The van der Waals surface area contributed by atoms with E-state index < -0.39 is 0 Å². The topological polar surface area (TPSA) is 0 Å². The number of hydrogen-bond donors (Lipinski definition) is 0. The van der Waals surface area contributed by atoms with Gasteiger partial charge in [-0.05, 0) is 29.4 Å². The van der Waals surface area contributed by atoms with E-state index in [-0.39, 0.29) is 5.41 Å². The fourth-order valence-electron chi connectivity index (χ4n) is 3.07. The molecule has 0 saturated heterocycles. The standard InChI is InChI=1S/C16H20/c1-5-9-12-13-10-7-8-11-15(13)16(3,4)14(12)6-2/h5-12,14H,2H2,1,3-4H3/b9-5-. The zero-order valence-corrected chi connectivity index (χ0v) is 10.4. The highest BCUT2D eigenvalue weighted by Crippen LogP contribution is 2.51. The molecule has 0 aliphatic heterocycles. The van der Waals surface area contributed by atoms with Gasteiger partial charge < -0.3 is 0 Å². The largest absolute Gasteiger partial charge is 0.103 e. The minimum absolute atomic E-state index is 0.197. The van der Waals surface area contributed by atoms with Crippen molar-refractivity contribution in [1.29, 1.82) is 0 Å². The first-order valence-corrected chi connectivity index (χ1v) is 5.97. The molecule has 2 atom stereocenters. The molecule has 1 aliphatic rings. The monoisotopic (exact) mass is 212 g/mol. The molecule has 1 aromatic rings. The van der Waals surface area contributed by atoms with Gasteiger partial charge in [0.05, 0.1) is 0 Å². The number of rotatable bonds is 2. The van der Waals surface area contributed by atoms with Gasteiger partial charge in [-0.1, -0.05) is 56.3 Å². The lowest BCUT2D eigenvalue weighted by Gasteiger charge is -2.27. The van der Waals surface area contributed by atoms with Gasteiger partial charge in [-0.3, -0.25) is 0 Å². The van der Waals surface area contributed by atoms with Crippen LogP contribution < -0.4 is 0 Å². The van der Waals surface area contributed by atoms with Crippen molar-refractivity contribution < 1.29 is 0 Å². The van der Waals surface area contributed by atoms with Gasteiger partial charge in [0.25, 0.3) is 0 Å². The van der Waals surface area contributed by atoms with Crippen molar-refractivity contribution >= 4 is 0 Å². The number of fused-ring (bicyclic) bond motifs is 1. The van der Waals surface area contributed by atoms with Crippen molar-refractivity contribution in [3.63, 3.8) is 0 Å². The van der Waals surface area contributed by atoms with Crippen molar-refractivity contribution in [3.05, 3.63) is 60.2 Å². The molecule has 0 nitrogen and oxygen atoms in total. The number of benzene rings is 1. The summed E-state index contributed by atoms with van der Waals surface area (Å²) in [6.07, 6.45) is 6.57. The Morgan fingerprint density at radius 1 is 1.25 bits per heavy atom. The Hall–Kier alpha value is -1.30. The zero-order valence-electron chi connectivity index (χ0n) is 10.4. The van der Waals surface area contributed by atoms with Gasteiger partial charge in [-0.15, -0.1) is 6.58 Å².